The van der Waals surface area contributed by atoms with E-state index in [9.17, 15) is 5.11 Å². The number of benzene rings is 3. The van der Waals surface area contributed by atoms with E-state index >= 15 is 0 Å². The predicted octanol–water partition coefficient (Wildman–Crippen LogP) is 4.76. The van der Waals surface area contributed by atoms with Crippen molar-refractivity contribution >= 4 is 24.1 Å². The zero-order chi connectivity index (χ0) is 31.3. The molecule has 45 heavy (non-hydrogen) atoms. The second kappa shape index (κ2) is 13.6. The maximum absolute atomic E-state index is 12.7. The van der Waals surface area contributed by atoms with Gasteiger partial charge in [0.2, 0.25) is 10.5 Å². The van der Waals surface area contributed by atoms with Crippen molar-refractivity contribution in [3.05, 3.63) is 112 Å². The summed E-state index contributed by atoms with van der Waals surface area (Å²) in [6.45, 7) is 10.7. The number of aromatic nitrogens is 5. The first-order valence-electron chi connectivity index (χ1n) is 15.4. The summed E-state index contributed by atoms with van der Waals surface area (Å²) in [5, 5.41) is 26.3. The first kappa shape index (κ1) is 30.4. The molecule has 6 rings (SSSR count). The fourth-order valence-electron chi connectivity index (χ4n) is 5.66. The van der Waals surface area contributed by atoms with Crippen LogP contribution in [-0.4, -0.2) is 57.0 Å². The summed E-state index contributed by atoms with van der Waals surface area (Å²) in [7, 11) is 0. The van der Waals surface area contributed by atoms with Gasteiger partial charge in [-0.2, -0.15) is 14.9 Å². The van der Waals surface area contributed by atoms with E-state index in [1.165, 1.54) is 22.1 Å². The van der Waals surface area contributed by atoms with Crippen LogP contribution in [0.25, 0.3) is 5.69 Å². The van der Waals surface area contributed by atoms with Crippen LogP contribution in [0, 0.1) is 10.7 Å². The van der Waals surface area contributed by atoms with Crippen molar-refractivity contribution in [1.82, 2.24) is 24.6 Å². The predicted molar refractivity (Wildman–Crippen MR) is 174 cm³/mol. The smallest absolute Gasteiger partial charge is 0.283 e. The summed E-state index contributed by atoms with van der Waals surface area (Å²) < 4.78 is 10.4. The van der Waals surface area contributed by atoms with E-state index < -0.39 is 5.95 Å². The molecule has 0 aliphatic carbocycles. The van der Waals surface area contributed by atoms with E-state index in [-0.39, 0.29) is 11.6 Å². The molecular weight excluding hydrogens is 584 g/mol. The third kappa shape index (κ3) is 6.89. The van der Waals surface area contributed by atoms with Gasteiger partial charge in [0.25, 0.3) is 5.69 Å². The Morgan fingerprint density at radius 3 is 2.27 bits per heavy atom. The summed E-state index contributed by atoms with van der Waals surface area (Å²) >= 11 is 5.96. The normalized spacial score (nSPS) is 14.9. The largest absolute Gasteiger partial charge is 0.539 e. The Kier molecular flexibility index (Phi) is 9.18. The van der Waals surface area contributed by atoms with Crippen molar-refractivity contribution in [1.29, 1.82) is 0 Å². The average molecular weight is 623 g/mol. The Labute approximate surface area is 268 Å². The molecule has 232 valence electrons. The molecule has 5 aromatic rings. The van der Waals surface area contributed by atoms with Crippen LogP contribution in [0.4, 0.5) is 5.69 Å². The zero-order valence-electron chi connectivity index (χ0n) is 25.9. The van der Waals surface area contributed by atoms with Crippen molar-refractivity contribution in [3.63, 3.8) is 0 Å². The lowest BCUT2D eigenvalue weighted by atomic mass is 9.96. The first-order valence-corrected chi connectivity index (χ1v) is 15.8. The molecule has 1 aliphatic heterocycles. The monoisotopic (exact) mass is 622 g/mol. The molecule has 11 heteroatoms. The lowest BCUT2D eigenvalue weighted by molar-refractivity contribution is -0.671. The van der Waals surface area contributed by atoms with Gasteiger partial charge in [-0.25, -0.2) is 4.68 Å². The van der Waals surface area contributed by atoms with Gasteiger partial charge in [-0.3, -0.25) is 4.90 Å². The minimum Gasteiger partial charge on any atom is -0.539 e. The van der Waals surface area contributed by atoms with E-state index in [2.05, 4.69) is 84.4 Å². The highest BCUT2D eigenvalue weighted by Crippen LogP contribution is 2.25. The zero-order valence-corrected chi connectivity index (χ0v) is 26.7. The molecule has 1 saturated heterocycles. The van der Waals surface area contributed by atoms with Crippen LogP contribution in [-0.2, 0) is 13.1 Å². The topological polar surface area (TPSA) is 94.6 Å². The molecule has 10 nitrogen and oxygen atoms in total. The molecule has 1 fully saturated rings. The quantitative estimate of drug-likeness (QED) is 0.126. The van der Waals surface area contributed by atoms with E-state index in [0.29, 0.717) is 28.9 Å². The third-order valence-electron chi connectivity index (χ3n) is 8.12. The molecule has 0 N–H and O–H groups in total. The lowest BCUT2D eigenvalue weighted by Gasteiger charge is -2.35. The lowest BCUT2D eigenvalue weighted by Crippen LogP contribution is -2.47. The van der Waals surface area contributed by atoms with Gasteiger partial charge in [0.05, 0.1) is 11.9 Å². The molecule has 3 aromatic carbocycles. The summed E-state index contributed by atoms with van der Waals surface area (Å²) in [6.07, 6.45) is 2.48. The minimum absolute atomic E-state index is 0.108. The SMILES string of the molecule is CC(C)Cc1ccc(C(C)c2nn(CN3CCN(c4ccccc4)CC3)c(=S)n2/N=C/c2c([O-])on[n+]2-c2ccccc2)cc1. The van der Waals surface area contributed by atoms with Gasteiger partial charge in [0, 0.05) is 49.9 Å². The number of hydrogen-bond acceptors (Lipinski definition) is 8. The van der Waals surface area contributed by atoms with Gasteiger partial charge in [-0.05, 0) is 52.5 Å². The van der Waals surface area contributed by atoms with E-state index in [4.69, 9.17) is 26.9 Å². The van der Waals surface area contributed by atoms with Crippen LogP contribution in [0.15, 0.2) is 94.6 Å². The van der Waals surface area contributed by atoms with Crippen molar-refractivity contribution < 1.29 is 14.3 Å². The van der Waals surface area contributed by atoms with Crippen LogP contribution in [0.1, 0.15) is 49.3 Å². The summed E-state index contributed by atoms with van der Waals surface area (Å²) in [6, 6.07) is 28.5. The van der Waals surface area contributed by atoms with Crippen LogP contribution in [0.5, 0.6) is 5.95 Å². The molecule has 1 unspecified atom stereocenters. The number of anilines is 1. The van der Waals surface area contributed by atoms with Gasteiger partial charge >= 0.3 is 0 Å². The molecule has 2 aromatic heterocycles. The van der Waals surface area contributed by atoms with Crippen molar-refractivity contribution in [2.45, 2.75) is 39.8 Å². The van der Waals surface area contributed by atoms with Crippen LogP contribution in [0.3, 0.4) is 0 Å². The fourth-order valence-corrected chi connectivity index (χ4v) is 5.90. The van der Waals surface area contributed by atoms with E-state index in [0.717, 1.165) is 38.2 Å². The Bertz CT molecular complexity index is 1790. The van der Waals surface area contributed by atoms with E-state index in [1.54, 1.807) is 4.68 Å². The standard InChI is InChI=1S/C34H38N8O2S/c1-25(2)22-27-14-16-28(17-15-27)26(3)32-36-40(24-38-18-20-39(21-19-38)29-10-6-4-7-11-29)34(45)42(32)35-23-31-33(43)44-37-41(31)30-12-8-5-9-13-30/h4-17,23,25-26H,18-22,24H2,1-3H3. The number of rotatable bonds is 10. The molecule has 0 radical (unpaired) electrons. The molecule has 0 spiro atoms. The van der Waals surface area contributed by atoms with Gasteiger partial charge in [-0.1, -0.05) is 81.4 Å². The highest BCUT2D eigenvalue weighted by molar-refractivity contribution is 7.71. The summed E-state index contributed by atoms with van der Waals surface area (Å²) in [5.74, 6) is 0.572. The third-order valence-corrected chi connectivity index (χ3v) is 8.50. The molecule has 0 bridgehead atoms. The van der Waals surface area contributed by atoms with Crippen LogP contribution >= 0.6 is 12.2 Å². The first-order chi connectivity index (χ1) is 21.9. The highest BCUT2D eigenvalue weighted by Gasteiger charge is 2.24. The molecule has 0 saturated carbocycles. The number of piperazine rings is 1. The minimum atomic E-state index is -0.590. The molecule has 1 atom stereocenters. The van der Waals surface area contributed by atoms with Gasteiger partial charge < -0.3 is 14.5 Å². The van der Waals surface area contributed by atoms with Gasteiger partial charge in [0.15, 0.2) is 11.8 Å². The molecular formula is C34H38N8O2S. The number of nitrogens with zero attached hydrogens (tertiary/aromatic N) is 8. The maximum Gasteiger partial charge on any atom is 0.283 e. The second-order valence-corrected chi connectivity index (χ2v) is 12.2. The van der Waals surface area contributed by atoms with Gasteiger partial charge in [-0.15, -0.1) is 0 Å². The second-order valence-electron chi connectivity index (χ2n) is 11.8. The Morgan fingerprint density at radius 2 is 1.60 bits per heavy atom. The van der Waals surface area contributed by atoms with Gasteiger partial charge in [0.1, 0.15) is 6.21 Å². The number of para-hydroxylation sites is 2. The fraction of sp³-hybridized carbons (Fsp3) is 0.324. The Morgan fingerprint density at radius 1 is 0.933 bits per heavy atom. The van der Waals surface area contributed by atoms with Crippen LogP contribution in [0.2, 0.25) is 0 Å². The Balaban J connectivity index is 1.30. The summed E-state index contributed by atoms with van der Waals surface area (Å²) in [4.78, 5) is 4.75. The number of hydrogen-bond donors (Lipinski definition) is 0. The Hall–Kier alpha value is -4.61. The van der Waals surface area contributed by atoms with Crippen molar-refractivity contribution in [2.24, 2.45) is 11.0 Å². The van der Waals surface area contributed by atoms with Crippen LogP contribution < -0.4 is 14.7 Å². The molecule has 0 amide bonds. The maximum atomic E-state index is 12.7. The highest BCUT2D eigenvalue weighted by atomic mass is 32.1. The summed E-state index contributed by atoms with van der Waals surface area (Å²) in [5.41, 5.74) is 4.52. The van der Waals surface area contributed by atoms with Crippen molar-refractivity contribution in [3.8, 4) is 11.6 Å². The van der Waals surface area contributed by atoms with Crippen molar-refractivity contribution in [2.75, 3.05) is 31.1 Å². The molecule has 1 aliphatic rings. The van der Waals surface area contributed by atoms with E-state index in [1.807, 2.05) is 41.1 Å². The average Bonchev–Trinajstić information content (AvgIpc) is 3.59. The molecule has 3 heterocycles.